The van der Waals surface area contributed by atoms with Crippen LogP contribution in [-0.2, 0) is 0 Å². The van der Waals surface area contributed by atoms with Crippen LogP contribution < -0.4 is 4.74 Å². The van der Waals surface area contributed by atoms with E-state index in [4.69, 9.17) is 4.74 Å². The van der Waals surface area contributed by atoms with Crippen LogP contribution in [0.25, 0.3) is 6.08 Å². The molecule has 0 fully saturated rings. The maximum atomic E-state index is 12.5. The first-order valence-electron chi connectivity index (χ1n) is 9.16. The van der Waals surface area contributed by atoms with Crippen molar-refractivity contribution in [3.8, 4) is 5.75 Å². The molecule has 0 radical (unpaired) electrons. The monoisotopic (exact) mass is 394 g/mol. The minimum Gasteiger partial charge on any atom is -0.478 e. The van der Waals surface area contributed by atoms with E-state index in [9.17, 15) is 24.3 Å². The molecule has 0 aliphatic carbocycles. The van der Waals surface area contributed by atoms with Crippen LogP contribution in [0.4, 0.5) is 0 Å². The third-order valence-corrected chi connectivity index (χ3v) is 4.24. The smallest absolute Gasteiger partial charge is 0.343 e. The number of rotatable bonds is 8. The number of esters is 1. The predicted molar refractivity (Wildman–Crippen MR) is 109 cm³/mol. The van der Waals surface area contributed by atoms with E-state index in [1.54, 1.807) is 6.08 Å². The van der Waals surface area contributed by atoms with Crippen LogP contribution in [0.3, 0.4) is 0 Å². The molecule has 0 atom stereocenters. The lowest BCUT2D eigenvalue weighted by Crippen LogP contribution is -2.13. The second kappa shape index (κ2) is 9.59. The van der Waals surface area contributed by atoms with E-state index in [0.717, 1.165) is 12.8 Å². The summed E-state index contributed by atoms with van der Waals surface area (Å²) in [7, 11) is 0. The van der Waals surface area contributed by atoms with E-state index in [1.165, 1.54) is 50.2 Å². The number of allylic oxidation sites excluding steroid dienone is 1. The quantitative estimate of drug-likeness (QED) is 0.391. The molecule has 0 bridgehead atoms. The summed E-state index contributed by atoms with van der Waals surface area (Å²) in [5.41, 5.74) is 1.02. The van der Waals surface area contributed by atoms with Crippen molar-refractivity contribution in [3.63, 3.8) is 0 Å². The topological polar surface area (TPSA) is 97.7 Å². The lowest BCUT2D eigenvalue weighted by molar-refractivity contribution is 0.0686. The van der Waals surface area contributed by atoms with Crippen LogP contribution in [0.15, 0.2) is 42.5 Å². The van der Waals surface area contributed by atoms with Crippen LogP contribution in [0.5, 0.6) is 5.75 Å². The number of carbonyl (C=O) groups is 4. The van der Waals surface area contributed by atoms with Gasteiger partial charge in [-0.1, -0.05) is 37.6 Å². The largest absolute Gasteiger partial charge is 0.478 e. The van der Waals surface area contributed by atoms with Gasteiger partial charge in [-0.2, -0.15) is 0 Å². The van der Waals surface area contributed by atoms with Crippen molar-refractivity contribution in [2.45, 2.75) is 33.6 Å². The SMILES string of the molecule is CCC/C=C/c1cc(C(C)=O)c(OC(=O)c2ccc(C(C)=O)cc2)cc1C(=O)O. The van der Waals surface area contributed by atoms with Gasteiger partial charge in [-0.3, -0.25) is 9.59 Å². The predicted octanol–water partition coefficient (Wildman–Crippen LogP) is 4.82. The Kier molecular flexibility index (Phi) is 7.20. The molecule has 2 aromatic carbocycles. The number of Topliss-reactive ketones (excluding diaryl/α,β-unsaturated/α-hetero) is 2. The van der Waals surface area contributed by atoms with Gasteiger partial charge < -0.3 is 9.84 Å². The van der Waals surface area contributed by atoms with Gasteiger partial charge in [0.2, 0.25) is 0 Å². The Morgan fingerprint density at radius 3 is 2.07 bits per heavy atom. The molecule has 0 amide bonds. The Morgan fingerprint density at radius 1 is 0.931 bits per heavy atom. The van der Waals surface area contributed by atoms with E-state index < -0.39 is 11.9 Å². The molecule has 0 spiro atoms. The number of carboxylic acid groups (broad SMARTS) is 1. The summed E-state index contributed by atoms with van der Waals surface area (Å²) < 4.78 is 5.33. The summed E-state index contributed by atoms with van der Waals surface area (Å²) in [5.74, 6) is -2.57. The fourth-order valence-corrected chi connectivity index (χ4v) is 2.66. The zero-order valence-electron chi connectivity index (χ0n) is 16.5. The summed E-state index contributed by atoms with van der Waals surface area (Å²) in [6, 6.07) is 8.47. The molecule has 0 saturated carbocycles. The molecule has 2 aromatic rings. The number of aromatic carboxylic acids is 1. The van der Waals surface area contributed by atoms with Crippen LogP contribution in [0.2, 0.25) is 0 Å². The fraction of sp³-hybridized carbons (Fsp3) is 0.217. The standard InChI is InChI=1S/C23H22O6/c1-4-5-6-7-18-12-19(15(3)25)21(13-20(18)22(26)27)29-23(28)17-10-8-16(9-11-17)14(2)24/h6-13H,4-5H2,1-3H3,(H,26,27)/b7-6+. The third-order valence-electron chi connectivity index (χ3n) is 4.24. The van der Waals surface area contributed by atoms with Crippen molar-refractivity contribution < 1.29 is 29.0 Å². The van der Waals surface area contributed by atoms with Crippen molar-refractivity contribution in [2.24, 2.45) is 0 Å². The molecule has 29 heavy (non-hydrogen) atoms. The van der Waals surface area contributed by atoms with Crippen molar-refractivity contribution >= 4 is 29.6 Å². The zero-order valence-corrected chi connectivity index (χ0v) is 16.5. The van der Waals surface area contributed by atoms with E-state index in [-0.39, 0.29) is 34.0 Å². The van der Waals surface area contributed by atoms with Crippen molar-refractivity contribution in [2.75, 3.05) is 0 Å². The van der Waals surface area contributed by atoms with E-state index in [1.807, 2.05) is 13.0 Å². The average Bonchev–Trinajstić information content (AvgIpc) is 2.68. The molecule has 0 saturated heterocycles. The van der Waals surface area contributed by atoms with Gasteiger partial charge >= 0.3 is 11.9 Å². The van der Waals surface area contributed by atoms with E-state index >= 15 is 0 Å². The summed E-state index contributed by atoms with van der Waals surface area (Å²) in [6.07, 6.45) is 5.14. The highest BCUT2D eigenvalue weighted by molar-refractivity contribution is 6.02. The minimum absolute atomic E-state index is 0.0721. The van der Waals surface area contributed by atoms with Gasteiger partial charge in [-0.05, 0) is 50.1 Å². The summed E-state index contributed by atoms with van der Waals surface area (Å²) in [4.78, 5) is 47.5. The molecular weight excluding hydrogens is 372 g/mol. The van der Waals surface area contributed by atoms with Crippen molar-refractivity contribution in [1.82, 2.24) is 0 Å². The lowest BCUT2D eigenvalue weighted by atomic mass is 10.00. The van der Waals surface area contributed by atoms with Gasteiger partial charge in [0.1, 0.15) is 5.75 Å². The first-order chi connectivity index (χ1) is 13.7. The molecule has 0 unspecified atom stereocenters. The van der Waals surface area contributed by atoms with E-state index in [2.05, 4.69) is 0 Å². The first-order valence-corrected chi connectivity index (χ1v) is 9.16. The first kappa shape index (κ1) is 21.8. The van der Waals surface area contributed by atoms with Crippen LogP contribution in [0, 0.1) is 0 Å². The highest BCUT2D eigenvalue weighted by Gasteiger charge is 2.20. The number of hydrogen-bond acceptors (Lipinski definition) is 5. The fourth-order valence-electron chi connectivity index (χ4n) is 2.66. The summed E-state index contributed by atoms with van der Waals surface area (Å²) in [5, 5.41) is 9.52. The van der Waals surface area contributed by atoms with Crippen molar-refractivity contribution in [1.29, 1.82) is 0 Å². The number of hydrogen-bond donors (Lipinski definition) is 1. The maximum Gasteiger partial charge on any atom is 0.343 e. The van der Waals surface area contributed by atoms with Crippen LogP contribution in [-0.4, -0.2) is 28.6 Å². The number of ketones is 2. The lowest BCUT2D eigenvalue weighted by Gasteiger charge is -2.12. The van der Waals surface area contributed by atoms with Gasteiger partial charge in [0.05, 0.1) is 16.7 Å². The van der Waals surface area contributed by atoms with Gasteiger partial charge in [-0.25, -0.2) is 9.59 Å². The molecule has 2 rings (SSSR count). The zero-order chi connectivity index (χ0) is 21.6. The number of carboxylic acids is 1. The Hall–Kier alpha value is -3.54. The summed E-state index contributed by atoms with van der Waals surface area (Å²) in [6.45, 7) is 4.72. The van der Waals surface area contributed by atoms with Crippen molar-refractivity contribution in [3.05, 3.63) is 70.3 Å². The normalized spacial score (nSPS) is 10.7. The molecular formula is C23H22O6. The van der Waals surface area contributed by atoms with Crippen LogP contribution in [0.1, 0.15) is 80.6 Å². The second-order valence-electron chi connectivity index (χ2n) is 6.51. The summed E-state index contributed by atoms with van der Waals surface area (Å²) >= 11 is 0. The highest BCUT2D eigenvalue weighted by atomic mass is 16.5. The molecule has 6 heteroatoms. The van der Waals surface area contributed by atoms with Gasteiger partial charge in [-0.15, -0.1) is 0 Å². The number of carbonyl (C=O) groups excluding carboxylic acids is 3. The number of benzene rings is 2. The number of unbranched alkanes of at least 4 members (excludes halogenated alkanes) is 1. The molecule has 0 aliphatic rings. The molecule has 6 nitrogen and oxygen atoms in total. The van der Waals surface area contributed by atoms with Crippen LogP contribution >= 0.6 is 0 Å². The maximum absolute atomic E-state index is 12.5. The Labute approximate surface area is 168 Å². The molecule has 0 aromatic heterocycles. The van der Waals surface area contributed by atoms with Gasteiger partial charge in [0, 0.05) is 5.56 Å². The molecule has 0 aliphatic heterocycles. The Morgan fingerprint density at radius 2 is 1.55 bits per heavy atom. The van der Waals surface area contributed by atoms with Gasteiger partial charge in [0.15, 0.2) is 11.6 Å². The molecule has 1 N–H and O–H groups in total. The number of ether oxygens (including phenoxy) is 1. The van der Waals surface area contributed by atoms with Gasteiger partial charge in [0.25, 0.3) is 0 Å². The van der Waals surface area contributed by atoms with E-state index in [0.29, 0.717) is 11.1 Å². The minimum atomic E-state index is -1.20. The second-order valence-corrected chi connectivity index (χ2v) is 6.51. The molecule has 0 heterocycles. The molecule has 150 valence electrons. The third kappa shape index (κ3) is 5.48. The average molecular weight is 394 g/mol. The highest BCUT2D eigenvalue weighted by Crippen LogP contribution is 2.27. The Bertz CT molecular complexity index is 983. The Balaban J connectivity index is 2.43.